The first kappa shape index (κ1) is 20.3. The Morgan fingerprint density at radius 3 is 2.36 bits per heavy atom. The number of nitrogens with zero attached hydrogens (tertiary/aromatic N) is 1. The molecule has 0 bridgehead atoms. The summed E-state index contributed by atoms with van der Waals surface area (Å²) in [5.74, 6) is -0.0713. The minimum Gasteiger partial charge on any atom is -0.362 e. The van der Waals surface area contributed by atoms with Gasteiger partial charge in [0.2, 0.25) is 10.0 Å². The van der Waals surface area contributed by atoms with Crippen molar-refractivity contribution < 1.29 is 13.2 Å². The highest BCUT2D eigenvalue weighted by atomic mass is 32.2. The van der Waals surface area contributed by atoms with Crippen LogP contribution in [0.2, 0.25) is 0 Å². The normalized spacial score (nSPS) is 15.6. The first-order chi connectivity index (χ1) is 13.4. The molecule has 1 saturated heterocycles. The number of hydrogen-bond donors (Lipinski definition) is 1. The molecule has 1 fully saturated rings. The van der Waals surface area contributed by atoms with Crippen molar-refractivity contribution in [2.24, 2.45) is 0 Å². The fraction of sp³-hybridized carbons (Fsp3) is 0.318. The molecule has 0 saturated carbocycles. The Kier molecular flexibility index (Phi) is 6.31. The maximum atomic E-state index is 12.7. The van der Waals surface area contributed by atoms with Gasteiger partial charge in [0, 0.05) is 36.6 Å². The third-order valence-electron chi connectivity index (χ3n) is 4.95. The second-order valence-corrected chi connectivity index (χ2v) is 9.09. The molecule has 0 amide bonds. The Hall–Kier alpha value is -2.44. The molecule has 2 aromatic carbocycles. The van der Waals surface area contributed by atoms with Crippen LogP contribution in [0.25, 0.3) is 0 Å². The van der Waals surface area contributed by atoms with E-state index in [0.29, 0.717) is 23.5 Å². The summed E-state index contributed by atoms with van der Waals surface area (Å²) >= 11 is 0. The lowest BCUT2D eigenvalue weighted by Gasteiger charge is -2.25. The predicted molar refractivity (Wildman–Crippen MR) is 112 cm³/mol. The lowest BCUT2D eigenvalue weighted by Crippen LogP contribution is -2.35. The summed E-state index contributed by atoms with van der Waals surface area (Å²) in [5, 5.41) is 3.03. The van der Waals surface area contributed by atoms with Crippen LogP contribution in [0.5, 0.6) is 0 Å². The highest BCUT2D eigenvalue weighted by Gasteiger charge is 2.25. The van der Waals surface area contributed by atoms with E-state index in [-0.39, 0.29) is 5.78 Å². The summed E-state index contributed by atoms with van der Waals surface area (Å²) in [7, 11) is -3.42. The van der Waals surface area contributed by atoms with E-state index in [4.69, 9.17) is 0 Å². The Labute approximate surface area is 167 Å². The van der Waals surface area contributed by atoms with Gasteiger partial charge in [-0.15, -0.1) is 0 Å². The number of benzene rings is 2. The molecule has 1 aliphatic heterocycles. The first-order valence-corrected chi connectivity index (χ1v) is 11.0. The SMILES string of the molecule is Cc1ccc(C)c(C(=O)/C=C/Nc2ccc(S(=O)(=O)N3CCCCC3)cc2)c1. The lowest BCUT2D eigenvalue weighted by molar-refractivity contribution is 0.104. The number of ketones is 1. The van der Waals surface area contributed by atoms with E-state index in [9.17, 15) is 13.2 Å². The number of rotatable bonds is 6. The Bertz CT molecular complexity index is 973. The molecule has 0 aliphatic carbocycles. The second kappa shape index (κ2) is 8.71. The number of carbonyl (C=O) groups is 1. The molecule has 0 atom stereocenters. The average Bonchev–Trinajstić information content (AvgIpc) is 2.71. The predicted octanol–water partition coefficient (Wildman–Crippen LogP) is 4.29. The molecule has 0 radical (unpaired) electrons. The van der Waals surface area contributed by atoms with Crippen LogP contribution >= 0.6 is 0 Å². The van der Waals surface area contributed by atoms with E-state index < -0.39 is 10.0 Å². The summed E-state index contributed by atoms with van der Waals surface area (Å²) < 4.78 is 26.9. The van der Waals surface area contributed by atoms with Crippen LogP contribution in [0.3, 0.4) is 0 Å². The van der Waals surface area contributed by atoms with Crippen molar-refractivity contribution in [2.45, 2.75) is 38.0 Å². The van der Waals surface area contributed by atoms with E-state index in [2.05, 4.69) is 5.32 Å². The van der Waals surface area contributed by atoms with Crippen LogP contribution in [-0.2, 0) is 10.0 Å². The molecule has 28 heavy (non-hydrogen) atoms. The van der Waals surface area contributed by atoms with Crippen LogP contribution in [0.1, 0.15) is 40.7 Å². The highest BCUT2D eigenvalue weighted by Crippen LogP contribution is 2.22. The topological polar surface area (TPSA) is 66.5 Å². The smallest absolute Gasteiger partial charge is 0.243 e. The third kappa shape index (κ3) is 4.69. The van der Waals surface area contributed by atoms with Crippen LogP contribution in [0, 0.1) is 13.8 Å². The zero-order chi connectivity index (χ0) is 20.1. The van der Waals surface area contributed by atoms with Crippen LogP contribution < -0.4 is 5.32 Å². The number of anilines is 1. The molecule has 6 heteroatoms. The summed E-state index contributed by atoms with van der Waals surface area (Å²) in [6.45, 7) is 5.05. The molecule has 1 heterocycles. The van der Waals surface area contributed by atoms with Crippen molar-refractivity contribution >= 4 is 21.5 Å². The van der Waals surface area contributed by atoms with Crippen LogP contribution in [-0.4, -0.2) is 31.6 Å². The van der Waals surface area contributed by atoms with E-state index in [1.54, 1.807) is 34.8 Å². The largest absolute Gasteiger partial charge is 0.362 e. The maximum absolute atomic E-state index is 12.7. The molecule has 2 aromatic rings. The van der Waals surface area contributed by atoms with E-state index in [0.717, 1.165) is 36.1 Å². The molecule has 1 N–H and O–H groups in total. The Morgan fingerprint density at radius 2 is 1.68 bits per heavy atom. The van der Waals surface area contributed by atoms with Gasteiger partial charge in [0.15, 0.2) is 5.78 Å². The van der Waals surface area contributed by atoms with Gasteiger partial charge in [-0.25, -0.2) is 8.42 Å². The van der Waals surface area contributed by atoms with Gasteiger partial charge in [-0.05, 0) is 62.6 Å². The second-order valence-electron chi connectivity index (χ2n) is 7.15. The third-order valence-corrected chi connectivity index (χ3v) is 6.86. The number of aryl methyl sites for hydroxylation is 2. The van der Waals surface area contributed by atoms with Crippen molar-refractivity contribution in [2.75, 3.05) is 18.4 Å². The average molecular weight is 399 g/mol. The van der Waals surface area contributed by atoms with Gasteiger partial charge in [0.1, 0.15) is 0 Å². The number of allylic oxidation sites excluding steroid dienone is 1. The zero-order valence-electron chi connectivity index (χ0n) is 16.3. The van der Waals surface area contributed by atoms with Crippen molar-refractivity contribution in [3.63, 3.8) is 0 Å². The van der Waals surface area contributed by atoms with Crippen molar-refractivity contribution in [1.29, 1.82) is 0 Å². The minimum absolute atomic E-state index is 0.0713. The number of nitrogens with one attached hydrogen (secondary N) is 1. The Balaban J connectivity index is 1.65. The molecule has 148 valence electrons. The number of piperidine rings is 1. The zero-order valence-corrected chi connectivity index (χ0v) is 17.1. The van der Waals surface area contributed by atoms with E-state index in [1.807, 2.05) is 32.0 Å². The molecule has 5 nitrogen and oxygen atoms in total. The van der Waals surface area contributed by atoms with Crippen LogP contribution in [0.15, 0.2) is 59.6 Å². The van der Waals surface area contributed by atoms with Crippen molar-refractivity contribution in [1.82, 2.24) is 4.31 Å². The molecular weight excluding hydrogens is 372 g/mol. The fourth-order valence-electron chi connectivity index (χ4n) is 3.28. The van der Waals surface area contributed by atoms with E-state index >= 15 is 0 Å². The summed E-state index contributed by atoms with van der Waals surface area (Å²) in [6.07, 6.45) is 5.98. The quantitative estimate of drug-likeness (QED) is 0.582. The standard InChI is InChI=1S/C22H26N2O3S/c1-17-6-7-18(2)21(16-17)22(25)12-13-23-19-8-10-20(11-9-19)28(26,27)24-14-4-3-5-15-24/h6-13,16,23H,3-5,14-15H2,1-2H3/b13-12+. The highest BCUT2D eigenvalue weighted by molar-refractivity contribution is 7.89. The lowest BCUT2D eigenvalue weighted by atomic mass is 10.0. The van der Waals surface area contributed by atoms with Gasteiger partial charge >= 0.3 is 0 Å². The number of sulfonamides is 1. The monoisotopic (exact) mass is 398 g/mol. The van der Waals surface area contributed by atoms with E-state index in [1.165, 1.54) is 6.08 Å². The maximum Gasteiger partial charge on any atom is 0.243 e. The first-order valence-electron chi connectivity index (χ1n) is 9.53. The number of carbonyl (C=O) groups excluding carboxylic acids is 1. The summed E-state index contributed by atoms with van der Waals surface area (Å²) in [6, 6.07) is 12.4. The number of hydrogen-bond acceptors (Lipinski definition) is 4. The molecule has 0 spiro atoms. The van der Waals surface area contributed by atoms with Gasteiger partial charge in [-0.3, -0.25) is 4.79 Å². The fourth-order valence-corrected chi connectivity index (χ4v) is 4.80. The molecule has 1 aliphatic rings. The molecule has 0 unspecified atom stereocenters. The van der Waals surface area contributed by atoms with Gasteiger partial charge in [0.05, 0.1) is 4.90 Å². The van der Waals surface area contributed by atoms with Gasteiger partial charge in [-0.1, -0.05) is 24.1 Å². The van der Waals surface area contributed by atoms with Crippen molar-refractivity contribution in [3.05, 3.63) is 71.4 Å². The minimum atomic E-state index is -3.42. The van der Waals surface area contributed by atoms with Gasteiger partial charge < -0.3 is 5.32 Å². The van der Waals surface area contributed by atoms with Crippen molar-refractivity contribution in [3.8, 4) is 0 Å². The molecular formula is C22H26N2O3S. The summed E-state index contributed by atoms with van der Waals surface area (Å²) in [4.78, 5) is 12.7. The summed E-state index contributed by atoms with van der Waals surface area (Å²) in [5.41, 5.74) is 3.39. The Morgan fingerprint density at radius 1 is 1.00 bits per heavy atom. The van der Waals surface area contributed by atoms with Gasteiger partial charge in [0.25, 0.3) is 0 Å². The molecule has 0 aromatic heterocycles. The van der Waals surface area contributed by atoms with Gasteiger partial charge in [-0.2, -0.15) is 4.31 Å². The molecule has 3 rings (SSSR count). The van der Waals surface area contributed by atoms with Crippen LogP contribution in [0.4, 0.5) is 5.69 Å².